The Bertz CT molecular complexity index is 583. The summed E-state index contributed by atoms with van der Waals surface area (Å²) >= 11 is 0. The van der Waals surface area contributed by atoms with E-state index in [0.717, 1.165) is 30.3 Å². The van der Waals surface area contributed by atoms with Crippen molar-refractivity contribution in [1.82, 2.24) is 4.57 Å². The first-order valence-corrected chi connectivity index (χ1v) is 6.65. The molecule has 0 aliphatic heterocycles. The van der Waals surface area contributed by atoms with Crippen LogP contribution in [0.3, 0.4) is 0 Å². The minimum atomic E-state index is -0.874. The number of aromatic nitrogens is 1. The highest BCUT2D eigenvalue weighted by Crippen LogP contribution is 2.18. The Morgan fingerprint density at radius 1 is 1.26 bits per heavy atom. The zero-order chi connectivity index (χ0) is 13.7. The second-order valence-corrected chi connectivity index (χ2v) is 4.73. The van der Waals surface area contributed by atoms with Crippen LogP contribution in [0.25, 0.3) is 10.9 Å². The molecule has 2 rings (SSSR count). The number of nitrogens with zero attached hydrogens (tertiary/aromatic N) is 1. The molecule has 0 unspecified atom stereocenters. The first-order chi connectivity index (χ1) is 9.22. The molecule has 1 aromatic heterocycles. The number of aryl methyl sites for hydroxylation is 1. The number of carbonyl (C=O) groups is 1. The van der Waals surface area contributed by atoms with E-state index < -0.39 is 5.97 Å². The van der Waals surface area contributed by atoms with Crippen molar-refractivity contribution < 1.29 is 9.90 Å². The van der Waals surface area contributed by atoms with Crippen LogP contribution < -0.4 is 0 Å². The normalized spacial score (nSPS) is 10.7. The second-order valence-electron chi connectivity index (χ2n) is 4.73. The molecule has 0 saturated heterocycles. The molecule has 0 aliphatic carbocycles. The average molecular weight is 257 g/mol. The number of rotatable bonds is 7. The van der Waals surface area contributed by atoms with Crippen LogP contribution in [0.2, 0.25) is 0 Å². The third-order valence-corrected chi connectivity index (χ3v) is 3.33. The van der Waals surface area contributed by atoms with Gasteiger partial charge in [0, 0.05) is 18.3 Å². The number of hydrogen-bond donors (Lipinski definition) is 1. The van der Waals surface area contributed by atoms with E-state index >= 15 is 0 Å². The molecule has 3 heteroatoms. The van der Waals surface area contributed by atoms with Gasteiger partial charge in [0.05, 0.1) is 5.56 Å². The Hall–Kier alpha value is -2.03. The lowest BCUT2D eigenvalue weighted by molar-refractivity contribution is 0.0697. The van der Waals surface area contributed by atoms with E-state index in [1.807, 2.05) is 24.4 Å². The molecule has 2 aromatic rings. The Balaban J connectivity index is 2.08. The Kier molecular flexibility index (Phi) is 4.39. The summed E-state index contributed by atoms with van der Waals surface area (Å²) in [5.74, 6) is -0.874. The van der Waals surface area contributed by atoms with Crippen molar-refractivity contribution in [3.63, 3.8) is 0 Å². The summed E-state index contributed by atoms with van der Waals surface area (Å²) in [5, 5.41) is 10.1. The SMILES string of the molecule is C=CCCCCCn1ccc2ccc(C(=O)O)cc21. The van der Waals surface area contributed by atoms with Gasteiger partial charge in [-0.2, -0.15) is 0 Å². The molecular formula is C16H19NO2. The summed E-state index contributed by atoms with van der Waals surface area (Å²) in [6, 6.07) is 7.30. The molecule has 0 amide bonds. The fourth-order valence-corrected chi connectivity index (χ4v) is 2.26. The summed E-state index contributed by atoms with van der Waals surface area (Å²) in [4.78, 5) is 11.0. The van der Waals surface area contributed by atoms with E-state index in [2.05, 4.69) is 11.1 Å². The highest BCUT2D eigenvalue weighted by atomic mass is 16.4. The van der Waals surface area contributed by atoms with Crippen molar-refractivity contribution in [3.8, 4) is 0 Å². The lowest BCUT2D eigenvalue weighted by Gasteiger charge is -2.05. The van der Waals surface area contributed by atoms with Gasteiger partial charge in [0.15, 0.2) is 0 Å². The molecule has 0 bridgehead atoms. The van der Waals surface area contributed by atoms with Crippen LogP contribution in [-0.4, -0.2) is 15.6 Å². The van der Waals surface area contributed by atoms with E-state index in [4.69, 9.17) is 5.11 Å². The summed E-state index contributed by atoms with van der Waals surface area (Å²) in [5.41, 5.74) is 1.35. The summed E-state index contributed by atoms with van der Waals surface area (Å²) < 4.78 is 2.13. The van der Waals surface area contributed by atoms with Crippen LogP contribution in [-0.2, 0) is 6.54 Å². The van der Waals surface area contributed by atoms with Gasteiger partial charge in [-0.25, -0.2) is 4.79 Å². The average Bonchev–Trinajstić information content (AvgIpc) is 2.81. The van der Waals surface area contributed by atoms with Crippen molar-refractivity contribution in [2.24, 2.45) is 0 Å². The van der Waals surface area contributed by atoms with Gasteiger partial charge >= 0.3 is 5.97 Å². The van der Waals surface area contributed by atoms with Crippen molar-refractivity contribution >= 4 is 16.9 Å². The molecule has 1 N–H and O–H groups in total. The van der Waals surface area contributed by atoms with Crippen LogP contribution in [0, 0.1) is 0 Å². The van der Waals surface area contributed by atoms with Gasteiger partial charge < -0.3 is 9.67 Å². The smallest absolute Gasteiger partial charge is 0.335 e. The highest BCUT2D eigenvalue weighted by molar-refractivity contribution is 5.93. The Morgan fingerprint density at radius 2 is 2.11 bits per heavy atom. The Morgan fingerprint density at radius 3 is 2.84 bits per heavy atom. The standard InChI is InChI=1S/C16H19NO2/c1-2-3-4-5-6-10-17-11-9-13-7-8-14(16(18)19)12-15(13)17/h2,7-9,11-12H,1,3-6,10H2,(H,18,19). The number of unbranched alkanes of at least 4 members (excludes halogenated alkanes) is 3. The Labute approximate surface area is 113 Å². The van der Waals surface area contributed by atoms with Gasteiger partial charge in [-0.15, -0.1) is 6.58 Å². The molecule has 3 nitrogen and oxygen atoms in total. The van der Waals surface area contributed by atoms with Crippen molar-refractivity contribution in [2.75, 3.05) is 0 Å². The quantitative estimate of drug-likeness (QED) is 0.599. The van der Waals surface area contributed by atoms with E-state index in [-0.39, 0.29) is 0 Å². The summed E-state index contributed by atoms with van der Waals surface area (Å²) in [6.45, 7) is 4.65. The molecule has 1 heterocycles. The van der Waals surface area contributed by atoms with E-state index in [9.17, 15) is 4.79 Å². The maximum absolute atomic E-state index is 11.0. The number of allylic oxidation sites excluding steroid dienone is 1. The van der Waals surface area contributed by atoms with Gasteiger partial charge in [0.1, 0.15) is 0 Å². The monoisotopic (exact) mass is 257 g/mol. The molecule has 0 atom stereocenters. The lowest BCUT2D eigenvalue weighted by atomic mass is 10.1. The molecule has 100 valence electrons. The van der Waals surface area contributed by atoms with Gasteiger partial charge in [0.2, 0.25) is 0 Å². The largest absolute Gasteiger partial charge is 0.478 e. The molecule has 1 aromatic carbocycles. The fraction of sp³-hybridized carbons (Fsp3) is 0.312. The van der Waals surface area contributed by atoms with Crippen LogP contribution in [0.5, 0.6) is 0 Å². The molecule has 0 fully saturated rings. The van der Waals surface area contributed by atoms with Crippen LogP contribution >= 0.6 is 0 Å². The van der Waals surface area contributed by atoms with E-state index in [0.29, 0.717) is 5.56 Å². The fourth-order valence-electron chi connectivity index (χ4n) is 2.26. The minimum absolute atomic E-state index is 0.346. The third-order valence-electron chi connectivity index (χ3n) is 3.33. The number of benzene rings is 1. The van der Waals surface area contributed by atoms with Gasteiger partial charge in [0.25, 0.3) is 0 Å². The van der Waals surface area contributed by atoms with Crippen molar-refractivity contribution in [3.05, 3.63) is 48.7 Å². The minimum Gasteiger partial charge on any atom is -0.478 e. The molecule has 0 saturated carbocycles. The zero-order valence-electron chi connectivity index (χ0n) is 11.0. The second kappa shape index (κ2) is 6.23. The van der Waals surface area contributed by atoms with E-state index in [1.54, 1.807) is 12.1 Å². The summed E-state index contributed by atoms with van der Waals surface area (Å²) in [6.07, 6.45) is 8.49. The topological polar surface area (TPSA) is 42.2 Å². The molecule has 0 spiro atoms. The maximum atomic E-state index is 11.0. The van der Waals surface area contributed by atoms with Crippen LogP contribution in [0.1, 0.15) is 36.0 Å². The number of hydrogen-bond acceptors (Lipinski definition) is 1. The molecule has 19 heavy (non-hydrogen) atoms. The summed E-state index contributed by atoms with van der Waals surface area (Å²) in [7, 11) is 0. The van der Waals surface area contributed by atoms with Gasteiger partial charge in [-0.3, -0.25) is 0 Å². The number of carboxylic acid groups (broad SMARTS) is 1. The first kappa shape index (κ1) is 13.4. The highest BCUT2D eigenvalue weighted by Gasteiger charge is 2.06. The van der Waals surface area contributed by atoms with Crippen molar-refractivity contribution in [2.45, 2.75) is 32.2 Å². The lowest BCUT2D eigenvalue weighted by Crippen LogP contribution is -1.99. The predicted molar refractivity (Wildman–Crippen MR) is 77.6 cm³/mol. The van der Waals surface area contributed by atoms with Gasteiger partial charge in [-0.05, 0) is 42.8 Å². The van der Waals surface area contributed by atoms with Crippen LogP contribution in [0.15, 0.2) is 43.1 Å². The van der Waals surface area contributed by atoms with E-state index in [1.165, 1.54) is 12.8 Å². The first-order valence-electron chi connectivity index (χ1n) is 6.65. The van der Waals surface area contributed by atoms with Crippen molar-refractivity contribution in [1.29, 1.82) is 0 Å². The molecule has 0 aliphatic rings. The third kappa shape index (κ3) is 3.25. The van der Waals surface area contributed by atoms with Gasteiger partial charge in [-0.1, -0.05) is 18.6 Å². The molecular weight excluding hydrogens is 238 g/mol. The number of aromatic carboxylic acids is 1. The zero-order valence-corrected chi connectivity index (χ0v) is 11.0. The number of carboxylic acids is 1. The number of fused-ring (bicyclic) bond motifs is 1. The molecule has 0 radical (unpaired) electrons. The van der Waals surface area contributed by atoms with Crippen LogP contribution in [0.4, 0.5) is 0 Å². The maximum Gasteiger partial charge on any atom is 0.335 e. The predicted octanol–water partition coefficient (Wildman–Crippen LogP) is 4.09.